The maximum atomic E-state index is 15.2. The predicted molar refractivity (Wildman–Crippen MR) is 125 cm³/mol. The minimum atomic E-state index is -1.59. The summed E-state index contributed by atoms with van der Waals surface area (Å²) in [7, 11) is 1.15. The van der Waals surface area contributed by atoms with Crippen LogP contribution in [0.3, 0.4) is 0 Å². The van der Waals surface area contributed by atoms with E-state index in [1.54, 1.807) is 24.3 Å². The maximum absolute atomic E-state index is 15.2. The first-order chi connectivity index (χ1) is 17.1. The van der Waals surface area contributed by atoms with Crippen LogP contribution >= 0.6 is 0 Å². The number of amides is 2. The normalized spacial score (nSPS) is 13.7. The van der Waals surface area contributed by atoms with Crippen molar-refractivity contribution in [1.29, 1.82) is 5.41 Å². The second kappa shape index (κ2) is 13.3. The second-order valence-corrected chi connectivity index (χ2v) is 7.69. The summed E-state index contributed by atoms with van der Waals surface area (Å²) in [6.45, 7) is 2.39. The lowest BCUT2D eigenvalue weighted by Crippen LogP contribution is -2.41. The van der Waals surface area contributed by atoms with Crippen molar-refractivity contribution < 1.29 is 37.7 Å². The standard InChI is InChI=1S/C22H24F2N4O4.C2H4O2/c1-31-19(21(29)27-12-13-2-4-14(5-3-13)20(25)26)17-16(23)7-6-15(18(17)24)22(30)28-8-10-32-11-9-28;1-2(3)4/h2-7,19H,8-12H2,1H3,(H3,25,26)(H,27,29);1H3,(H,3,4). The molecule has 0 bridgehead atoms. The Bertz CT molecular complexity index is 1100. The van der Waals surface area contributed by atoms with Gasteiger partial charge in [-0.25, -0.2) is 8.78 Å². The van der Waals surface area contributed by atoms with Crippen LogP contribution < -0.4 is 11.1 Å². The molecule has 1 heterocycles. The van der Waals surface area contributed by atoms with E-state index in [4.69, 9.17) is 30.5 Å². The highest BCUT2D eigenvalue weighted by Crippen LogP contribution is 2.27. The number of carbonyl (C=O) groups excluding carboxylic acids is 2. The Hall–Kier alpha value is -3.90. The molecule has 194 valence electrons. The minimum absolute atomic E-state index is 0.0620. The van der Waals surface area contributed by atoms with E-state index in [2.05, 4.69) is 5.32 Å². The second-order valence-electron chi connectivity index (χ2n) is 7.69. The zero-order chi connectivity index (χ0) is 26.8. The van der Waals surface area contributed by atoms with Crippen LogP contribution in [0.1, 0.15) is 40.1 Å². The Labute approximate surface area is 206 Å². The first kappa shape index (κ1) is 28.3. The van der Waals surface area contributed by atoms with Crippen LogP contribution in [0.25, 0.3) is 0 Å². The van der Waals surface area contributed by atoms with Crippen LogP contribution in [0.4, 0.5) is 8.78 Å². The Morgan fingerprint density at radius 2 is 1.75 bits per heavy atom. The predicted octanol–water partition coefficient (Wildman–Crippen LogP) is 1.82. The zero-order valence-electron chi connectivity index (χ0n) is 19.8. The van der Waals surface area contributed by atoms with Gasteiger partial charge in [-0.1, -0.05) is 24.3 Å². The molecule has 12 heteroatoms. The van der Waals surface area contributed by atoms with E-state index in [9.17, 15) is 14.0 Å². The number of halogens is 2. The van der Waals surface area contributed by atoms with E-state index in [-0.39, 0.29) is 17.9 Å². The highest BCUT2D eigenvalue weighted by Gasteiger charge is 2.31. The zero-order valence-corrected chi connectivity index (χ0v) is 19.8. The fourth-order valence-electron chi connectivity index (χ4n) is 3.35. The molecular weight excluding hydrogens is 478 g/mol. The van der Waals surface area contributed by atoms with Crippen molar-refractivity contribution >= 4 is 23.6 Å². The lowest BCUT2D eigenvalue weighted by atomic mass is 10.0. The average molecular weight is 507 g/mol. The van der Waals surface area contributed by atoms with Gasteiger partial charge in [0.15, 0.2) is 6.10 Å². The summed E-state index contributed by atoms with van der Waals surface area (Å²) >= 11 is 0. The van der Waals surface area contributed by atoms with Crippen LogP contribution in [0.2, 0.25) is 0 Å². The maximum Gasteiger partial charge on any atom is 0.300 e. The fourth-order valence-corrected chi connectivity index (χ4v) is 3.35. The number of nitrogens with two attached hydrogens (primary N) is 1. The molecule has 0 spiro atoms. The third-order valence-corrected chi connectivity index (χ3v) is 5.12. The highest BCUT2D eigenvalue weighted by atomic mass is 19.1. The average Bonchev–Trinajstić information content (AvgIpc) is 2.85. The van der Waals surface area contributed by atoms with Gasteiger partial charge in [-0.2, -0.15) is 0 Å². The number of hydrogen-bond donors (Lipinski definition) is 4. The number of morpholine rings is 1. The van der Waals surface area contributed by atoms with E-state index in [0.29, 0.717) is 37.4 Å². The molecule has 1 saturated heterocycles. The van der Waals surface area contributed by atoms with Crippen molar-refractivity contribution in [3.8, 4) is 0 Å². The number of nitrogens with zero attached hydrogens (tertiary/aromatic N) is 1. The molecular formula is C24H28F2N4O6. The quantitative estimate of drug-likeness (QED) is 0.330. The van der Waals surface area contributed by atoms with Crippen LogP contribution in [-0.4, -0.2) is 67.0 Å². The Balaban J connectivity index is 0.00000106. The number of amidine groups is 1. The number of hydrogen-bond acceptors (Lipinski definition) is 6. The number of carboxylic acids is 1. The molecule has 1 aliphatic rings. The van der Waals surface area contributed by atoms with Gasteiger partial charge >= 0.3 is 0 Å². The number of carbonyl (C=O) groups is 3. The largest absolute Gasteiger partial charge is 0.481 e. The van der Waals surface area contributed by atoms with Crippen LogP contribution in [-0.2, 0) is 25.6 Å². The van der Waals surface area contributed by atoms with E-state index in [1.807, 2.05) is 0 Å². The molecule has 0 radical (unpaired) electrons. The fraction of sp³-hybridized carbons (Fsp3) is 0.333. The van der Waals surface area contributed by atoms with Gasteiger partial charge in [0.05, 0.1) is 24.3 Å². The van der Waals surface area contributed by atoms with Crippen LogP contribution in [0, 0.1) is 17.0 Å². The van der Waals surface area contributed by atoms with Gasteiger partial charge in [-0.15, -0.1) is 0 Å². The molecule has 1 unspecified atom stereocenters. The summed E-state index contributed by atoms with van der Waals surface area (Å²) in [4.78, 5) is 35.8. The molecule has 5 N–H and O–H groups in total. The molecule has 36 heavy (non-hydrogen) atoms. The summed E-state index contributed by atoms with van der Waals surface area (Å²) in [5, 5.41) is 17.4. The molecule has 0 aromatic heterocycles. The highest BCUT2D eigenvalue weighted by molar-refractivity contribution is 5.95. The number of rotatable bonds is 7. The van der Waals surface area contributed by atoms with E-state index in [1.165, 1.54) is 4.90 Å². The number of nitrogen functional groups attached to an aromatic ring is 1. The van der Waals surface area contributed by atoms with Crippen LogP contribution in [0.15, 0.2) is 36.4 Å². The molecule has 1 fully saturated rings. The number of carboxylic acid groups (broad SMARTS) is 1. The van der Waals surface area contributed by atoms with Crippen LogP contribution in [0.5, 0.6) is 0 Å². The number of ether oxygens (including phenoxy) is 2. The van der Waals surface area contributed by atoms with Gasteiger partial charge in [-0.3, -0.25) is 19.8 Å². The topological polar surface area (TPSA) is 155 Å². The molecule has 0 saturated carbocycles. The first-order valence-electron chi connectivity index (χ1n) is 10.8. The summed E-state index contributed by atoms with van der Waals surface area (Å²) in [5.41, 5.74) is 5.67. The van der Waals surface area contributed by atoms with E-state index in [0.717, 1.165) is 26.2 Å². The van der Waals surface area contributed by atoms with Gasteiger partial charge in [0, 0.05) is 39.2 Å². The molecule has 2 aromatic rings. The van der Waals surface area contributed by atoms with Crippen molar-refractivity contribution in [2.75, 3.05) is 33.4 Å². The summed E-state index contributed by atoms with van der Waals surface area (Å²) in [5.74, 6) is -4.41. The molecule has 1 aliphatic heterocycles. The lowest BCUT2D eigenvalue weighted by Gasteiger charge is -2.27. The number of benzene rings is 2. The Morgan fingerprint density at radius 3 is 2.28 bits per heavy atom. The van der Waals surface area contributed by atoms with Crippen molar-refractivity contribution in [3.05, 3.63) is 70.3 Å². The van der Waals surface area contributed by atoms with Crippen molar-refractivity contribution in [2.24, 2.45) is 5.73 Å². The lowest BCUT2D eigenvalue weighted by molar-refractivity contribution is -0.134. The number of nitrogens with one attached hydrogen (secondary N) is 2. The van der Waals surface area contributed by atoms with Gasteiger partial charge in [-0.05, 0) is 17.7 Å². The smallest absolute Gasteiger partial charge is 0.300 e. The Kier molecular flexibility index (Phi) is 10.4. The van der Waals surface area contributed by atoms with Gasteiger partial charge in [0.25, 0.3) is 17.8 Å². The third kappa shape index (κ3) is 7.55. The van der Waals surface area contributed by atoms with Crippen molar-refractivity contribution in [3.63, 3.8) is 0 Å². The SMILES string of the molecule is CC(=O)O.COC(C(=O)NCc1ccc(C(=N)N)cc1)c1c(F)ccc(C(=O)N2CCOCC2)c1F. The summed E-state index contributed by atoms with van der Waals surface area (Å²) in [6.07, 6.45) is -1.59. The third-order valence-electron chi connectivity index (χ3n) is 5.12. The molecule has 10 nitrogen and oxygen atoms in total. The number of methoxy groups -OCH3 is 1. The number of aliphatic carboxylic acids is 1. The molecule has 2 aromatic carbocycles. The van der Waals surface area contributed by atoms with Crippen molar-refractivity contribution in [2.45, 2.75) is 19.6 Å². The Morgan fingerprint density at radius 1 is 1.17 bits per heavy atom. The molecule has 1 atom stereocenters. The van der Waals surface area contributed by atoms with Gasteiger partial charge in [0.2, 0.25) is 0 Å². The van der Waals surface area contributed by atoms with Gasteiger partial charge in [0.1, 0.15) is 17.5 Å². The van der Waals surface area contributed by atoms with Crippen molar-refractivity contribution in [1.82, 2.24) is 10.2 Å². The van der Waals surface area contributed by atoms with Gasteiger partial charge < -0.3 is 30.5 Å². The summed E-state index contributed by atoms with van der Waals surface area (Å²) in [6, 6.07) is 8.59. The minimum Gasteiger partial charge on any atom is -0.481 e. The summed E-state index contributed by atoms with van der Waals surface area (Å²) < 4.78 is 40.0. The molecule has 0 aliphatic carbocycles. The van der Waals surface area contributed by atoms with E-state index >= 15 is 4.39 Å². The molecule has 3 rings (SSSR count). The first-order valence-corrected chi connectivity index (χ1v) is 10.8. The van der Waals surface area contributed by atoms with E-state index < -0.39 is 41.1 Å². The molecule has 2 amide bonds. The monoisotopic (exact) mass is 506 g/mol.